The zero-order chi connectivity index (χ0) is 27.7. The largest absolute Gasteiger partial charge is 0.353 e. The molecule has 14 nitrogen and oxygen atoms in total. The third-order valence-electron chi connectivity index (χ3n) is 5.90. The SMILES string of the molecule is CC(C(=O)NCCN)N(CCN(C(C)C(=O)NCCN)C(C)C(=O)NCCN)C(C)C(=O)NCCN. The average Bonchev–Trinajstić information content (AvgIpc) is 2.88. The molecule has 0 aliphatic carbocycles. The van der Waals surface area contributed by atoms with Gasteiger partial charge in [0.2, 0.25) is 23.6 Å². The Morgan fingerprint density at radius 3 is 0.861 bits per heavy atom. The van der Waals surface area contributed by atoms with Crippen LogP contribution in [0.4, 0.5) is 0 Å². The number of amides is 4. The van der Waals surface area contributed by atoms with E-state index in [1.165, 1.54) is 0 Å². The molecular weight excluding hydrogens is 468 g/mol. The molecule has 0 fully saturated rings. The fourth-order valence-electron chi connectivity index (χ4n) is 3.65. The Kier molecular flexibility index (Phi) is 17.6. The summed E-state index contributed by atoms with van der Waals surface area (Å²) in [5.74, 6) is -1.14. The molecule has 0 aromatic heterocycles. The molecule has 0 aliphatic rings. The van der Waals surface area contributed by atoms with E-state index in [-0.39, 0.29) is 62.9 Å². The Morgan fingerprint density at radius 2 is 0.694 bits per heavy atom. The van der Waals surface area contributed by atoms with E-state index in [0.717, 1.165) is 0 Å². The van der Waals surface area contributed by atoms with Crippen LogP contribution in [0.25, 0.3) is 0 Å². The van der Waals surface area contributed by atoms with Crippen molar-refractivity contribution < 1.29 is 19.2 Å². The van der Waals surface area contributed by atoms with E-state index in [1.807, 2.05) is 0 Å². The van der Waals surface area contributed by atoms with Gasteiger partial charge >= 0.3 is 0 Å². The monoisotopic (exact) mass is 516 g/mol. The van der Waals surface area contributed by atoms with Crippen LogP contribution < -0.4 is 44.2 Å². The van der Waals surface area contributed by atoms with Crippen LogP contribution in [-0.2, 0) is 19.2 Å². The number of nitrogens with one attached hydrogen (secondary N) is 4. The highest BCUT2D eigenvalue weighted by molar-refractivity contribution is 5.85. The molecule has 0 aromatic rings. The van der Waals surface area contributed by atoms with Gasteiger partial charge in [0, 0.05) is 65.4 Å². The van der Waals surface area contributed by atoms with Gasteiger partial charge in [-0.1, -0.05) is 0 Å². The van der Waals surface area contributed by atoms with Gasteiger partial charge in [0.15, 0.2) is 0 Å². The van der Waals surface area contributed by atoms with E-state index in [0.29, 0.717) is 26.2 Å². The van der Waals surface area contributed by atoms with E-state index in [4.69, 9.17) is 22.9 Å². The minimum absolute atomic E-state index is 0.220. The highest BCUT2D eigenvalue weighted by Crippen LogP contribution is 2.12. The molecule has 0 bridgehead atoms. The number of carbonyl (C=O) groups excluding carboxylic acids is 4. The highest BCUT2D eigenvalue weighted by atomic mass is 16.2. The van der Waals surface area contributed by atoms with Crippen LogP contribution in [0.3, 0.4) is 0 Å². The number of nitrogens with two attached hydrogens (primary N) is 4. The van der Waals surface area contributed by atoms with E-state index in [9.17, 15) is 19.2 Å². The first-order valence-electron chi connectivity index (χ1n) is 12.5. The topological polar surface area (TPSA) is 227 Å². The predicted octanol–water partition coefficient (Wildman–Crippen LogP) is -4.56. The summed E-state index contributed by atoms with van der Waals surface area (Å²) in [5.41, 5.74) is 22.0. The predicted molar refractivity (Wildman–Crippen MR) is 140 cm³/mol. The van der Waals surface area contributed by atoms with Gasteiger partial charge in [-0.3, -0.25) is 29.0 Å². The Bertz CT molecular complexity index is 573. The second-order valence-corrected chi connectivity index (χ2v) is 8.50. The molecule has 4 atom stereocenters. The van der Waals surface area contributed by atoms with Gasteiger partial charge in [-0.05, 0) is 27.7 Å². The Labute approximate surface area is 214 Å². The lowest BCUT2D eigenvalue weighted by Crippen LogP contribution is -2.59. The quantitative estimate of drug-likeness (QED) is 0.0819. The molecular formula is C22H48N10O4. The molecule has 4 amide bonds. The molecule has 14 heteroatoms. The summed E-state index contributed by atoms with van der Waals surface area (Å²) < 4.78 is 0. The van der Waals surface area contributed by atoms with Crippen LogP contribution in [0.2, 0.25) is 0 Å². The summed E-state index contributed by atoms with van der Waals surface area (Å²) in [5, 5.41) is 11.0. The second-order valence-electron chi connectivity index (χ2n) is 8.50. The summed E-state index contributed by atoms with van der Waals surface area (Å²) in [6.07, 6.45) is 0. The molecule has 0 saturated carbocycles. The molecule has 12 N–H and O–H groups in total. The fourth-order valence-corrected chi connectivity index (χ4v) is 3.65. The standard InChI is InChI=1S/C22H48N10O4/c1-15(19(33)27-9-5-23)31(16(2)20(34)28-10-6-24)13-14-32(17(3)21(35)29-11-7-25)18(4)22(36)30-12-8-26/h15-18H,5-14,23-26H2,1-4H3,(H,27,33)(H,28,34)(H,29,35)(H,30,36). The van der Waals surface area contributed by atoms with Crippen molar-refractivity contribution in [1.29, 1.82) is 0 Å². The van der Waals surface area contributed by atoms with E-state index < -0.39 is 24.2 Å². The maximum atomic E-state index is 12.7. The van der Waals surface area contributed by atoms with Gasteiger partial charge < -0.3 is 44.2 Å². The number of nitrogens with zero attached hydrogens (tertiary/aromatic N) is 2. The number of carbonyl (C=O) groups is 4. The fraction of sp³-hybridized carbons (Fsp3) is 0.818. The van der Waals surface area contributed by atoms with Gasteiger partial charge in [0.1, 0.15) is 0 Å². The first-order chi connectivity index (χ1) is 17.1. The Hall–Kier alpha value is -2.36. The smallest absolute Gasteiger partial charge is 0.237 e. The van der Waals surface area contributed by atoms with Gasteiger partial charge in [-0.25, -0.2) is 0 Å². The number of rotatable bonds is 19. The molecule has 0 spiro atoms. The average molecular weight is 517 g/mol. The van der Waals surface area contributed by atoms with Gasteiger partial charge in [0.05, 0.1) is 24.2 Å². The minimum Gasteiger partial charge on any atom is -0.353 e. The first kappa shape index (κ1) is 33.6. The molecule has 36 heavy (non-hydrogen) atoms. The molecule has 4 unspecified atom stereocenters. The van der Waals surface area contributed by atoms with Crippen molar-refractivity contribution in [3.05, 3.63) is 0 Å². The van der Waals surface area contributed by atoms with Crippen LogP contribution in [0, 0.1) is 0 Å². The van der Waals surface area contributed by atoms with Gasteiger partial charge in [-0.15, -0.1) is 0 Å². The minimum atomic E-state index is -0.681. The van der Waals surface area contributed by atoms with Crippen LogP contribution in [0.15, 0.2) is 0 Å². The van der Waals surface area contributed by atoms with Crippen LogP contribution in [-0.4, -0.2) is 123 Å². The van der Waals surface area contributed by atoms with Crippen molar-refractivity contribution in [2.45, 2.75) is 51.9 Å². The molecule has 0 heterocycles. The third-order valence-corrected chi connectivity index (χ3v) is 5.90. The molecule has 0 radical (unpaired) electrons. The molecule has 0 rings (SSSR count). The third kappa shape index (κ3) is 11.6. The lowest BCUT2D eigenvalue weighted by molar-refractivity contribution is -0.135. The van der Waals surface area contributed by atoms with Crippen molar-refractivity contribution in [3.63, 3.8) is 0 Å². The molecule has 0 aliphatic heterocycles. The Morgan fingerprint density at radius 1 is 0.500 bits per heavy atom. The summed E-state index contributed by atoms with van der Waals surface area (Å²) in [6.45, 7) is 9.53. The highest BCUT2D eigenvalue weighted by Gasteiger charge is 2.33. The summed E-state index contributed by atoms with van der Waals surface area (Å²) in [6, 6.07) is -2.72. The van der Waals surface area contributed by atoms with E-state index in [2.05, 4.69) is 21.3 Å². The normalized spacial score (nSPS) is 14.6. The van der Waals surface area contributed by atoms with Gasteiger partial charge in [-0.2, -0.15) is 0 Å². The van der Waals surface area contributed by atoms with Crippen LogP contribution in [0.1, 0.15) is 27.7 Å². The molecule has 0 aromatic carbocycles. The Balaban J connectivity index is 5.87. The molecule has 210 valence electrons. The summed E-state index contributed by atoms with van der Waals surface area (Å²) in [7, 11) is 0. The van der Waals surface area contributed by atoms with E-state index in [1.54, 1.807) is 37.5 Å². The van der Waals surface area contributed by atoms with Crippen LogP contribution in [0.5, 0.6) is 0 Å². The van der Waals surface area contributed by atoms with Crippen molar-refractivity contribution in [3.8, 4) is 0 Å². The number of hydrogen-bond acceptors (Lipinski definition) is 10. The summed E-state index contributed by atoms with van der Waals surface area (Å²) in [4.78, 5) is 54.3. The lowest BCUT2D eigenvalue weighted by Gasteiger charge is -2.38. The van der Waals surface area contributed by atoms with Crippen molar-refractivity contribution in [1.82, 2.24) is 31.1 Å². The van der Waals surface area contributed by atoms with Crippen molar-refractivity contribution in [2.24, 2.45) is 22.9 Å². The second kappa shape index (κ2) is 18.8. The lowest BCUT2D eigenvalue weighted by atomic mass is 10.1. The molecule has 0 saturated heterocycles. The van der Waals surface area contributed by atoms with Crippen molar-refractivity contribution in [2.75, 3.05) is 65.4 Å². The maximum absolute atomic E-state index is 12.7. The zero-order valence-corrected chi connectivity index (χ0v) is 22.2. The van der Waals surface area contributed by atoms with E-state index >= 15 is 0 Å². The van der Waals surface area contributed by atoms with Gasteiger partial charge in [0.25, 0.3) is 0 Å². The van der Waals surface area contributed by atoms with Crippen molar-refractivity contribution >= 4 is 23.6 Å². The first-order valence-corrected chi connectivity index (χ1v) is 12.5. The summed E-state index contributed by atoms with van der Waals surface area (Å²) >= 11 is 0. The maximum Gasteiger partial charge on any atom is 0.237 e. The zero-order valence-electron chi connectivity index (χ0n) is 22.2. The number of hydrogen-bond donors (Lipinski definition) is 8. The van der Waals surface area contributed by atoms with Crippen LogP contribution >= 0.6 is 0 Å².